The van der Waals surface area contributed by atoms with E-state index in [0.717, 1.165) is 22.8 Å². The summed E-state index contributed by atoms with van der Waals surface area (Å²) < 4.78 is 0. The Balaban J connectivity index is 1.83. The van der Waals surface area contributed by atoms with Crippen molar-refractivity contribution < 1.29 is 0 Å². The number of hydrogen-bond donors (Lipinski definition) is 2. The maximum atomic E-state index is 3.77. The first kappa shape index (κ1) is 22.0. The van der Waals surface area contributed by atoms with Gasteiger partial charge in [0.15, 0.2) is 0 Å². The molecule has 0 spiro atoms. The van der Waals surface area contributed by atoms with Crippen LogP contribution in [0.5, 0.6) is 0 Å². The van der Waals surface area contributed by atoms with Crippen LogP contribution in [-0.4, -0.2) is 12.0 Å². The number of anilines is 4. The minimum atomic E-state index is -1.19. The Morgan fingerprint density at radius 3 is 1.88 bits per heavy atom. The first-order valence-corrected chi connectivity index (χ1v) is 13.3. The number of nitrogens with one attached hydrogen (secondary N) is 2. The molecule has 4 aromatic rings. The molecule has 1 atom stereocenters. The third-order valence-electron chi connectivity index (χ3n) is 6.13. The number of aryl methyl sites for hydroxylation is 1. The number of hydrogen-bond acceptors (Lipinski definition) is 2. The highest BCUT2D eigenvalue weighted by Crippen LogP contribution is 2.62. The highest BCUT2D eigenvalue weighted by Gasteiger charge is 2.26. The zero-order chi connectivity index (χ0) is 22.6. The van der Waals surface area contributed by atoms with Gasteiger partial charge in [0.2, 0.25) is 0 Å². The summed E-state index contributed by atoms with van der Waals surface area (Å²) in [6.07, 6.45) is 2.43. The minimum Gasteiger partial charge on any atom is -0.355 e. The summed E-state index contributed by atoms with van der Waals surface area (Å²) in [5, 5.41) is 7.40. The Morgan fingerprint density at radius 2 is 1.25 bits per heavy atom. The summed E-state index contributed by atoms with van der Waals surface area (Å²) in [4.78, 5) is 2.80. The smallest absolute Gasteiger partial charge is 0.0561 e. The Morgan fingerprint density at radius 1 is 0.656 bits per heavy atom. The van der Waals surface area contributed by atoms with Crippen LogP contribution in [0.3, 0.4) is 0 Å². The molecule has 0 saturated heterocycles. The van der Waals surface area contributed by atoms with Gasteiger partial charge in [-0.15, -0.1) is 0 Å². The van der Waals surface area contributed by atoms with Gasteiger partial charge < -0.3 is 10.6 Å². The lowest BCUT2D eigenvalue weighted by molar-refractivity contribution is 1.27. The van der Waals surface area contributed by atoms with Crippen molar-refractivity contribution in [3.05, 3.63) is 108 Å². The maximum Gasteiger partial charge on any atom is 0.0561 e. The summed E-state index contributed by atoms with van der Waals surface area (Å²) in [6.45, 7) is 6.64. The SMILES string of the molecule is CCS(C)(c1ccccc1)c1ccc(Nc2ccc(C)cc2)c(C)c1Nc1ccccc1. The van der Waals surface area contributed by atoms with Crippen molar-refractivity contribution in [2.75, 3.05) is 22.6 Å². The van der Waals surface area contributed by atoms with Crippen molar-refractivity contribution in [1.29, 1.82) is 0 Å². The fourth-order valence-electron chi connectivity index (χ4n) is 3.98. The van der Waals surface area contributed by atoms with Gasteiger partial charge in [-0.1, -0.05) is 61.0 Å². The molecule has 0 amide bonds. The van der Waals surface area contributed by atoms with E-state index in [1.807, 2.05) is 0 Å². The van der Waals surface area contributed by atoms with E-state index in [1.165, 1.54) is 26.6 Å². The Hall–Kier alpha value is -3.17. The van der Waals surface area contributed by atoms with E-state index < -0.39 is 10.0 Å². The van der Waals surface area contributed by atoms with Crippen molar-refractivity contribution in [2.24, 2.45) is 0 Å². The minimum absolute atomic E-state index is 1.09. The fourth-order valence-corrected chi connectivity index (χ4v) is 6.66. The molecule has 1 unspecified atom stereocenters. The van der Waals surface area contributed by atoms with Gasteiger partial charge in [-0.3, -0.25) is 0 Å². The Labute approximate surface area is 194 Å². The van der Waals surface area contributed by atoms with E-state index >= 15 is 0 Å². The third-order valence-corrected chi connectivity index (χ3v) is 9.90. The molecule has 0 aromatic heterocycles. The van der Waals surface area contributed by atoms with E-state index in [1.54, 1.807) is 0 Å². The summed E-state index contributed by atoms with van der Waals surface area (Å²) in [6, 6.07) is 34.5. The molecule has 0 fully saturated rings. The molecule has 3 heteroatoms. The fraction of sp³-hybridized carbons (Fsp3) is 0.172. The quantitative estimate of drug-likeness (QED) is 0.300. The molecule has 0 saturated carbocycles. The van der Waals surface area contributed by atoms with Crippen molar-refractivity contribution in [2.45, 2.75) is 30.6 Å². The molecule has 0 bridgehead atoms. The molecule has 0 aliphatic heterocycles. The van der Waals surface area contributed by atoms with Gasteiger partial charge in [-0.2, -0.15) is 10.0 Å². The van der Waals surface area contributed by atoms with Gasteiger partial charge in [0, 0.05) is 22.0 Å². The van der Waals surface area contributed by atoms with Gasteiger partial charge in [0.25, 0.3) is 0 Å². The van der Waals surface area contributed by atoms with Crippen molar-refractivity contribution >= 4 is 32.8 Å². The predicted octanol–water partition coefficient (Wildman–Crippen LogP) is 8.66. The molecular weight excluding hydrogens is 408 g/mol. The van der Waals surface area contributed by atoms with Crippen LogP contribution in [0.2, 0.25) is 0 Å². The van der Waals surface area contributed by atoms with Crippen LogP contribution in [0.4, 0.5) is 22.7 Å². The van der Waals surface area contributed by atoms with Gasteiger partial charge in [-0.25, -0.2) is 0 Å². The Kier molecular flexibility index (Phi) is 6.57. The van der Waals surface area contributed by atoms with Crippen LogP contribution in [0.1, 0.15) is 18.1 Å². The normalized spacial score (nSPS) is 13.8. The van der Waals surface area contributed by atoms with E-state index in [9.17, 15) is 0 Å². The highest BCUT2D eigenvalue weighted by molar-refractivity contribution is 8.33. The highest BCUT2D eigenvalue weighted by atomic mass is 32.3. The predicted molar refractivity (Wildman–Crippen MR) is 142 cm³/mol. The van der Waals surface area contributed by atoms with Crippen LogP contribution in [-0.2, 0) is 0 Å². The monoisotopic (exact) mass is 440 g/mol. The summed E-state index contributed by atoms with van der Waals surface area (Å²) >= 11 is 0. The average Bonchev–Trinajstić information content (AvgIpc) is 2.84. The van der Waals surface area contributed by atoms with Crippen molar-refractivity contribution in [3.63, 3.8) is 0 Å². The van der Waals surface area contributed by atoms with E-state index in [-0.39, 0.29) is 0 Å². The van der Waals surface area contributed by atoms with Crippen LogP contribution in [0, 0.1) is 13.8 Å². The second-order valence-electron chi connectivity index (χ2n) is 8.28. The molecular formula is C29H32N2S. The van der Waals surface area contributed by atoms with E-state index in [0.29, 0.717) is 0 Å². The number of para-hydroxylation sites is 1. The van der Waals surface area contributed by atoms with Crippen LogP contribution >= 0.6 is 10.0 Å². The summed E-state index contributed by atoms with van der Waals surface area (Å²) in [7, 11) is -1.19. The van der Waals surface area contributed by atoms with Gasteiger partial charge >= 0.3 is 0 Å². The van der Waals surface area contributed by atoms with E-state index in [2.05, 4.69) is 135 Å². The second-order valence-corrected chi connectivity index (χ2v) is 11.9. The average molecular weight is 441 g/mol. The summed E-state index contributed by atoms with van der Waals surface area (Å²) in [5.74, 6) is 1.09. The zero-order valence-electron chi connectivity index (χ0n) is 19.4. The largest absolute Gasteiger partial charge is 0.355 e. The molecule has 0 aliphatic carbocycles. The topological polar surface area (TPSA) is 24.1 Å². The van der Waals surface area contributed by atoms with Crippen LogP contribution in [0.15, 0.2) is 107 Å². The lowest BCUT2D eigenvalue weighted by Crippen LogP contribution is -2.08. The lowest BCUT2D eigenvalue weighted by Gasteiger charge is -2.38. The standard InChI is InChI=1S/C29H32N2S/c1-5-32(4,26-14-10-7-11-15-26)28-21-20-27(30-25-18-16-22(2)17-19-25)23(3)29(28)31-24-12-8-6-9-13-24/h6-21,30-31H,5H2,1-4H3. The molecule has 4 rings (SSSR count). The first-order valence-electron chi connectivity index (χ1n) is 11.1. The first-order chi connectivity index (χ1) is 15.5. The lowest BCUT2D eigenvalue weighted by atomic mass is 10.1. The van der Waals surface area contributed by atoms with Crippen molar-refractivity contribution in [3.8, 4) is 0 Å². The number of benzene rings is 4. The maximum absolute atomic E-state index is 3.77. The van der Waals surface area contributed by atoms with Gasteiger partial charge in [0.05, 0.1) is 5.69 Å². The van der Waals surface area contributed by atoms with Gasteiger partial charge in [-0.05, 0) is 84.8 Å². The molecule has 4 aromatic carbocycles. The molecule has 164 valence electrons. The summed E-state index contributed by atoms with van der Waals surface area (Å²) in [5.41, 5.74) is 7.04. The van der Waals surface area contributed by atoms with Gasteiger partial charge in [0.1, 0.15) is 0 Å². The van der Waals surface area contributed by atoms with Crippen LogP contribution < -0.4 is 10.6 Å². The molecule has 2 N–H and O–H groups in total. The molecule has 0 aliphatic rings. The Bertz CT molecular complexity index is 1170. The molecule has 0 heterocycles. The second kappa shape index (κ2) is 9.54. The van der Waals surface area contributed by atoms with Crippen molar-refractivity contribution in [1.82, 2.24) is 0 Å². The third kappa shape index (κ3) is 4.53. The van der Waals surface area contributed by atoms with E-state index in [4.69, 9.17) is 0 Å². The molecule has 2 nitrogen and oxygen atoms in total. The molecule has 32 heavy (non-hydrogen) atoms. The zero-order valence-corrected chi connectivity index (χ0v) is 20.2. The molecule has 0 radical (unpaired) electrons. The van der Waals surface area contributed by atoms with Crippen LogP contribution in [0.25, 0.3) is 0 Å². The number of rotatable bonds is 7.